The lowest BCUT2D eigenvalue weighted by Crippen LogP contribution is -2.11. The van der Waals surface area contributed by atoms with Crippen LogP contribution < -0.4 is 5.56 Å². The van der Waals surface area contributed by atoms with Gasteiger partial charge in [0.25, 0.3) is 5.56 Å². The van der Waals surface area contributed by atoms with Gasteiger partial charge in [-0.05, 0) is 37.1 Å². The van der Waals surface area contributed by atoms with Crippen molar-refractivity contribution < 1.29 is 5.11 Å². The van der Waals surface area contributed by atoms with E-state index in [2.05, 4.69) is 4.98 Å². The molecule has 3 aromatic rings. The molecule has 0 unspecified atom stereocenters. The summed E-state index contributed by atoms with van der Waals surface area (Å²) >= 11 is 0. The van der Waals surface area contributed by atoms with Crippen LogP contribution in [0.25, 0.3) is 22.0 Å². The Bertz CT molecular complexity index is 848. The molecule has 0 aliphatic carbocycles. The van der Waals surface area contributed by atoms with E-state index in [0.717, 1.165) is 16.5 Å². The van der Waals surface area contributed by atoms with Crippen LogP contribution in [-0.2, 0) is 0 Å². The van der Waals surface area contributed by atoms with Crippen molar-refractivity contribution in [1.29, 1.82) is 0 Å². The van der Waals surface area contributed by atoms with Crippen molar-refractivity contribution in [3.63, 3.8) is 0 Å². The molecule has 20 heavy (non-hydrogen) atoms. The van der Waals surface area contributed by atoms with Gasteiger partial charge in [-0.15, -0.1) is 0 Å². The Hall–Kier alpha value is -2.55. The Morgan fingerprint density at radius 3 is 2.35 bits per heavy atom. The SMILES string of the molecule is Cc1c(-c2ccccc2)c2ccc(O)c(C)c2[nH]c1=O. The van der Waals surface area contributed by atoms with Crippen molar-refractivity contribution in [1.82, 2.24) is 4.98 Å². The molecule has 0 bridgehead atoms. The Kier molecular flexibility index (Phi) is 2.83. The lowest BCUT2D eigenvalue weighted by Gasteiger charge is -2.12. The average molecular weight is 265 g/mol. The zero-order valence-corrected chi connectivity index (χ0v) is 11.4. The molecule has 100 valence electrons. The Balaban J connectivity index is 2.51. The zero-order valence-electron chi connectivity index (χ0n) is 11.4. The molecule has 3 rings (SSSR count). The maximum absolute atomic E-state index is 12.2. The van der Waals surface area contributed by atoms with Gasteiger partial charge in [0.15, 0.2) is 0 Å². The number of aromatic amines is 1. The molecule has 0 atom stereocenters. The van der Waals surface area contributed by atoms with Gasteiger partial charge in [0.1, 0.15) is 5.75 Å². The minimum Gasteiger partial charge on any atom is -0.508 e. The fourth-order valence-corrected chi connectivity index (χ4v) is 2.57. The van der Waals surface area contributed by atoms with E-state index in [9.17, 15) is 9.90 Å². The third-order valence-electron chi connectivity index (χ3n) is 3.72. The van der Waals surface area contributed by atoms with E-state index >= 15 is 0 Å². The summed E-state index contributed by atoms with van der Waals surface area (Å²) in [5.41, 5.74) is 3.88. The van der Waals surface area contributed by atoms with Gasteiger partial charge in [-0.3, -0.25) is 4.79 Å². The van der Waals surface area contributed by atoms with Crippen LogP contribution in [0, 0.1) is 13.8 Å². The second-order valence-corrected chi connectivity index (χ2v) is 4.95. The molecule has 0 aliphatic rings. The first-order valence-electron chi connectivity index (χ1n) is 6.50. The highest BCUT2D eigenvalue weighted by Gasteiger charge is 2.13. The van der Waals surface area contributed by atoms with Gasteiger partial charge in [0.2, 0.25) is 0 Å². The number of hydrogen-bond acceptors (Lipinski definition) is 2. The standard InChI is InChI=1S/C17H15NO2/c1-10-14(19)9-8-13-15(12-6-4-3-5-7-12)11(2)17(20)18-16(10)13/h3-9,19H,1-2H3,(H,18,20). The number of rotatable bonds is 1. The molecule has 0 saturated heterocycles. The molecular formula is C17H15NO2. The minimum atomic E-state index is -0.120. The fourth-order valence-electron chi connectivity index (χ4n) is 2.57. The number of aryl methyl sites for hydroxylation is 1. The van der Waals surface area contributed by atoms with Crippen LogP contribution in [0.15, 0.2) is 47.3 Å². The van der Waals surface area contributed by atoms with Gasteiger partial charge in [0, 0.05) is 16.5 Å². The van der Waals surface area contributed by atoms with Gasteiger partial charge in [-0.1, -0.05) is 30.3 Å². The zero-order chi connectivity index (χ0) is 14.3. The monoisotopic (exact) mass is 265 g/mol. The molecular weight excluding hydrogens is 250 g/mol. The highest BCUT2D eigenvalue weighted by molar-refractivity contribution is 5.98. The summed E-state index contributed by atoms with van der Waals surface area (Å²) in [4.78, 5) is 15.0. The summed E-state index contributed by atoms with van der Waals surface area (Å²) in [5.74, 6) is 0.191. The first-order chi connectivity index (χ1) is 9.59. The summed E-state index contributed by atoms with van der Waals surface area (Å²) in [7, 11) is 0. The predicted molar refractivity (Wildman–Crippen MR) is 81.1 cm³/mol. The van der Waals surface area contributed by atoms with Crippen LogP contribution in [0.3, 0.4) is 0 Å². The molecule has 1 heterocycles. The minimum absolute atomic E-state index is 0.120. The first kappa shape index (κ1) is 12.5. The Labute approximate surface area is 116 Å². The van der Waals surface area contributed by atoms with Crippen LogP contribution in [0.2, 0.25) is 0 Å². The molecule has 2 aromatic carbocycles. The molecule has 0 fully saturated rings. The largest absolute Gasteiger partial charge is 0.508 e. The van der Waals surface area contributed by atoms with Gasteiger partial charge in [-0.25, -0.2) is 0 Å². The fraction of sp³-hybridized carbons (Fsp3) is 0.118. The molecule has 0 amide bonds. The Morgan fingerprint density at radius 2 is 1.65 bits per heavy atom. The summed E-state index contributed by atoms with van der Waals surface area (Å²) in [5, 5.41) is 10.8. The molecule has 3 nitrogen and oxygen atoms in total. The molecule has 3 heteroatoms. The summed E-state index contributed by atoms with van der Waals surface area (Å²) < 4.78 is 0. The normalized spacial score (nSPS) is 10.9. The number of benzene rings is 2. The molecule has 0 spiro atoms. The second kappa shape index (κ2) is 4.53. The summed E-state index contributed by atoms with van der Waals surface area (Å²) in [6.07, 6.45) is 0. The molecule has 1 aromatic heterocycles. The third-order valence-corrected chi connectivity index (χ3v) is 3.72. The van der Waals surface area contributed by atoms with Crippen LogP contribution in [0.4, 0.5) is 0 Å². The van der Waals surface area contributed by atoms with Crippen molar-refractivity contribution in [3.05, 3.63) is 63.9 Å². The van der Waals surface area contributed by atoms with Crippen LogP contribution >= 0.6 is 0 Å². The van der Waals surface area contributed by atoms with E-state index in [1.807, 2.05) is 43.3 Å². The van der Waals surface area contributed by atoms with Gasteiger partial charge in [-0.2, -0.15) is 0 Å². The molecule has 0 radical (unpaired) electrons. The lowest BCUT2D eigenvalue weighted by atomic mass is 9.95. The van der Waals surface area contributed by atoms with Gasteiger partial charge in [0.05, 0.1) is 5.52 Å². The maximum Gasteiger partial charge on any atom is 0.251 e. The summed E-state index contributed by atoms with van der Waals surface area (Å²) in [6, 6.07) is 13.4. The quantitative estimate of drug-likeness (QED) is 0.707. The first-order valence-corrected chi connectivity index (χ1v) is 6.50. The molecule has 0 aliphatic heterocycles. The topological polar surface area (TPSA) is 53.1 Å². The van der Waals surface area contributed by atoms with Crippen molar-refractivity contribution >= 4 is 10.9 Å². The number of aromatic hydroxyl groups is 1. The van der Waals surface area contributed by atoms with Crippen LogP contribution in [-0.4, -0.2) is 10.1 Å². The number of phenols is 1. The van der Waals surface area contributed by atoms with Crippen molar-refractivity contribution in [2.45, 2.75) is 13.8 Å². The number of hydrogen-bond donors (Lipinski definition) is 2. The average Bonchev–Trinajstić information content (AvgIpc) is 2.46. The molecule has 0 saturated carbocycles. The highest BCUT2D eigenvalue weighted by Crippen LogP contribution is 2.33. The van der Waals surface area contributed by atoms with Crippen LogP contribution in [0.5, 0.6) is 5.75 Å². The predicted octanol–water partition coefficient (Wildman–Crippen LogP) is 3.52. The van der Waals surface area contributed by atoms with Crippen molar-refractivity contribution in [2.75, 3.05) is 0 Å². The van der Waals surface area contributed by atoms with E-state index in [4.69, 9.17) is 0 Å². The highest BCUT2D eigenvalue weighted by atomic mass is 16.3. The van der Waals surface area contributed by atoms with Gasteiger partial charge >= 0.3 is 0 Å². The third kappa shape index (κ3) is 1.79. The second-order valence-electron chi connectivity index (χ2n) is 4.95. The lowest BCUT2D eigenvalue weighted by molar-refractivity contribution is 0.472. The number of H-pyrrole nitrogens is 1. The number of fused-ring (bicyclic) bond motifs is 1. The van der Waals surface area contributed by atoms with E-state index in [0.29, 0.717) is 16.6 Å². The summed E-state index contributed by atoms with van der Waals surface area (Å²) in [6.45, 7) is 3.63. The molecule has 2 N–H and O–H groups in total. The van der Waals surface area contributed by atoms with Gasteiger partial charge < -0.3 is 10.1 Å². The van der Waals surface area contributed by atoms with Crippen molar-refractivity contribution in [3.8, 4) is 16.9 Å². The van der Waals surface area contributed by atoms with Crippen molar-refractivity contribution in [2.24, 2.45) is 0 Å². The number of phenolic OH excluding ortho intramolecular Hbond substituents is 1. The van der Waals surface area contributed by atoms with E-state index < -0.39 is 0 Å². The van der Waals surface area contributed by atoms with E-state index in [1.165, 1.54) is 0 Å². The van der Waals surface area contributed by atoms with E-state index in [-0.39, 0.29) is 11.3 Å². The van der Waals surface area contributed by atoms with E-state index in [1.54, 1.807) is 13.0 Å². The Morgan fingerprint density at radius 1 is 0.950 bits per heavy atom. The number of pyridine rings is 1. The van der Waals surface area contributed by atoms with Crippen LogP contribution in [0.1, 0.15) is 11.1 Å². The smallest absolute Gasteiger partial charge is 0.251 e. The maximum atomic E-state index is 12.2. The number of aromatic nitrogens is 1. The number of nitrogens with one attached hydrogen (secondary N) is 1.